The van der Waals surface area contributed by atoms with Crippen LogP contribution in [0.25, 0.3) is 0 Å². The van der Waals surface area contributed by atoms with Crippen molar-refractivity contribution in [3.63, 3.8) is 0 Å². The van der Waals surface area contributed by atoms with Gasteiger partial charge in [0.2, 0.25) is 0 Å². The van der Waals surface area contributed by atoms with E-state index in [4.69, 9.17) is 19.1 Å². The minimum atomic E-state index is -5.03. The van der Waals surface area contributed by atoms with Crippen molar-refractivity contribution in [1.82, 2.24) is 0 Å². The first-order chi connectivity index (χ1) is 13.3. The first kappa shape index (κ1) is 23.4. The lowest BCUT2D eigenvalue weighted by Crippen LogP contribution is -2.20. The molecule has 1 atom stereocenters. The van der Waals surface area contributed by atoms with Gasteiger partial charge < -0.3 is 14.5 Å². The first-order valence-corrected chi connectivity index (χ1v) is 11.4. The zero-order chi connectivity index (χ0) is 21.9. The minimum absolute atomic E-state index is 0.0549. The van der Waals surface area contributed by atoms with Crippen molar-refractivity contribution < 1.29 is 45.2 Å². The smallest absolute Gasteiger partial charge is 0.416 e. The van der Waals surface area contributed by atoms with Gasteiger partial charge in [0.25, 0.3) is 10.1 Å². The summed E-state index contributed by atoms with van der Waals surface area (Å²) in [7, 11) is -9.94. The van der Waals surface area contributed by atoms with E-state index in [0.29, 0.717) is 11.3 Å². The molecule has 1 unspecified atom stereocenters. The first-order valence-electron chi connectivity index (χ1n) is 8.22. The molecule has 0 heterocycles. The lowest BCUT2D eigenvalue weighted by Gasteiger charge is -2.15. The summed E-state index contributed by atoms with van der Waals surface area (Å²) in [4.78, 5) is 15.9. The van der Waals surface area contributed by atoms with Gasteiger partial charge in [0, 0.05) is 0 Å². The number of aryl methyl sites for hydroxylation is 1. The predicted octanol–water partition coefficient (Wildman–Crippen LogP) is 4.21. The van der Waals surface area contributed by atoms with Crippen molar-refractivity contribution in [2.24, 2.45) is 0 Å². The van der Waals surface area contributed by atoms with Gasteiger partial charge in [0.15, 0.2) is 4.99 Å². The molecule has 2 aromatic rings. The highest BCUT2D eigenvalue weighted by atomic mass is 32.2. The van der Waals surface area contributed by atoms with E-state index in [2.05, 4.69) is 0 Å². The quantitative estimate of drug-likeness (QED) is 0.404. The molecule has 0 aromatic heterocycles. The van der Waals surface area contributed by atoms with E-state index in [-0.39, 0.29) is 18.6 Å². The summed E-state index contributed by atoms with van der Waals surface area (Å²) >= 11 is 0. The lowest BCUT2D eigenvalue weighted by atomic mass is 10.1. The normalized spacial score (nSPS) is 13.9. The number of halogens is 3. The van der Waals surface area contributed by atoms with Crippen LogP contribution in [0.1, 0.15) is 24.0 Å². The Labute approximate surface area is 165 Å². The van der Waals surface area contributed by atoms with Crippen LogP contribution >= 0.6 is 7.60 Å². The fourth-order valence-corrected chi connectivity index (χ4v) is 4.96. The second kappa shape index (κ2) is 8.85. The number of alkyl halides is 3. The van der Waals surface area contributed by atoms with Gasteiger partial charge in [-0.05, 0) is 61.2 Å². The van der Waals surface area contributed by atoms with Crippen LogP contribution in [-0.2, 0) is 27.3 Å². The van der Waals surface area contributed by atoms with Crippen LogP contribution in [0.5, 0.6) is 11.5 Å². The van der Waals surface area contributed by atoms with Crippen molar-refractivity contribution in [1.29, 1.82) is 0 Å². The van der Waals surface area contributed by atoms with Gasteiger partial charge in [0.05, 0.1) is 5.56 Å². The van der Waals surface area contributed by atoms with Crippen LogP contribution in [0.15, 0.2) is 48.5 Å². The molecule has 2 aromatic carbocycles. The van der Waals surface area contributed by atoms with E-state index >= 15 is 0 Å². The van der Waals surface area contributed by atoms with Gasteiger partial charge in [-0.3, -0.25) is 9.12 Å². The molecule has 2 rings (SSSR count). The maximum Gasteiger partial charge on any atom is 0.416 e. The van der Waals surface area contributed by atoms with E-state index in [0.717, 1.165) is 12.1 Å². The maximum atomic E-state index is 12.6. The van der Waals surface area contributed by atoms with Gasteiger partial charge in [-0.1, -0.05) is 12.1 Å². The topological polar surface area (TPSA) is 121 Å². The summed E-state index contributed by atoms with van der Waals surface area (Å²) in [5.74, 6) is 0.506. The zero-order valence-electron chi connectivity index (χ0n) is 14.8. The number of rotatable bonds is 8. The summed E-state index contributed by atoms with van der Waals surface area (Å²) in [6, 6.07) is 10.5. The fourth-order valence-electron chi connectivity index (χ4n) is 2.58. The highest BCUT2D eigenvalue weighted by Crippen LogP contribution is 2.46. The summed E-state index contributed by atoms with van der Waals surface area (Å²) in [5, 5.41) is 0. The van der Waals surface area contributed by atoms with E-state index in [1.54, 1.807) is 24.3 Å². The number of benzene rings is 2. The molecular formula is C17H18F3O7PS. The van der Waals surface area contributed by atoms with Crippen molar-refractivity contribution in [3.05, 3.63) is 59.7 Å². The van der Waals surface area contributed by atoms with Gasteiger partial charge in [-0.2, -0.15) is 21.6 Å². The van der Waals surface area contributed by atoms with Gasteiger partial charge >= 0.3 is 13.8 Å². The largest absolute Gasteiger partial charge is 0.457 e. The molecule has 3 N–H and O–H groups in total. The Kier molecular flexibility index (Phi) is 7.13. The molecule has 12 heteroatoms. The maximum absolute atomic E-state index is 12.6. The summed E-state index contributed by atoms with van der Waals surface area (Å²) in [6.45, 7) is 0. The molecule has 0 spiro atoms. The molecule has 0 amide bonds. The van der Waals surface area contributed by atoms with E-state index in [1.165, 1.54) is 12.1 Å². The van der Waals surface area contributed by atoms with E-state index < -0.39 is 40.9 Å². The average Bonchev–Trinajstić information content (AvgIpc) is 2.56. The lowest BCUT2D eigenvalue weighted by molar-refractivity contribution is -0.137. The zero-order valence-corrected chi connectivity index (χ0v) is 16.5. The summed E-state index contributed by atoms with van der Waals surface area (Å²) in [6.07, 6.45) is -4.62. The third kappa shape index (κ3) is 7.13. The molecule has 0 saturated heterocycles. The van der Waals surface area contributed by atoms with Crippen LogP contribution < -0.4 is 4.74 Å². The monoisotopic (exact) mass is 454 g/mol. The van der Waals surface area contributed by atoms with E-state index in [1.807, 2.05) is 0 Å². The third-order valence-corrected chi connectivity index (χ3v) is 7.51. The standard InChI is InChI=1S/C17H18F3O7PS/c18-17(19,20)13-7-9-14(10-8-13)27-15-5-1-3-12(11-15)4-2-6-16(28(21,22)23)29(24,25)26/h1,3,5,7-11,16H,2,4,6H2,(H2,21,22,23)(H,24,25,26). The average molecular weight is 454 g/mol. The Balaban J connectivity index is 2.02. The number of hydrogen-bond acceptors (Lipinski definition) is 4. The van der Waals surface area contributed by atoms with Crippen LogP contribution in [0.3, 0.4) is 0 Å². The molecule has 0 aliphatic rings. The molecule has 0 saturated carbocycles. The Hall–Kier alpha value is -1.91. The SMILES string of the molecule is O=P(O)(O)C(CCCc1cccc(Oc2ccc(C(F)(F)F)cc2)c1)S(=O)(=O)O. The Morgan fingerprint density at radius 1 is 1.03 bits per heavy atom. The summed E-state index contributed by atoms with van der Waals surface area (Å²) in [5.41, 5.74) is -0.161. The predicted molar refractivity (Wildman–Crippen MR) is 98.3 cm³/mol. The molecule has 0 aliphatic heterocycles. The van der Waals surface area contributed by atoms with Crippen LogP contribution in [-0.4, -0.2) is 27.7 Å². The molecule has 160 valence electrons. The molecule has 0 bridgehead atoms. The highest BCUT2D eigenvalue weighted by Gasteiger charge is 2.39. The van der Waals surface area contributed by atoms with Crippen molar-refractivity contribution in [3.8, 4) is 11.5 Å². The molecule has 7 nitrogen and oxygen atoms in total. The van der Waals surface area contributed by atoms with Crippen molar-refractivity contribution >= 4 is 17.7 Å². The van der Waals surface area contributed by atoms with Gasteiger partial charge in [0.1, 0.15) is 11.5 Å². The van der Waals surface area contributed by atoms with Crippen LogP contribution in [0.2, 0.25) is 0 Å². The Morgan fingerprint density at radius 2 is 1.66 bits per heavy atom. The number of ether oxygens (including phenoxy) is 1. The van der Waals surface area contributed by atoms with Gasteiger partial charge in [-0.25, -0.2) is 0 Å². The van der Waals surface area contributed by atoms with Crippen LogP contribution in [0, 0.1) is 0 Å². The molecule has 0 fully saturated rings. The summed E-state index contributed by atoms with van der Waals surface area (Å²) < 4.78 is 85.7. The molecule has 0 radical (unpaired) electrons. The minimum Gasteiger partial charge on any atom is -0.457 e. The van der Waals surface area contributed by atoms with E-state index in [9.17, 15) is 26.2 Å². The number of hydrogen-bond donors (Lipinski definition) is 3. The Morgan fingerprint density at radius 3 is 2.17 bits per heavy atom. The van der Waals surface area contributed by atoms with Crippen molar-refractivity contribution in [2.45, 2.75) is 30.4 Å². The molecular weight excluding hydrogens is 436 g/mol. The Bertz CT molecular complexity index is 985. The molecule has 0 aliphatic carbocycles. The van der Waals surface area contributed by atoms with Crippen molar-refractivity contribution in [2.75, 3.05) is 0 Å². The highest BCUT2D eigenvalue weighted by molar-refractivity contribution is 7.93. The second-order valence-corrected chi connectivity index (χ2v) is 9.97. The fraction of sp³-hybridized carbons (Fsp3) is 0.294. The van der Waals surface area contributed by atoms with Crippen LogP contribution in [0.4, 0.5) is 13.2 Å². The second-order valence-electron chi connectivity index (χ2n) is 6.22. The molecule has 29 heavy (non-hydrogen) atoms. The van der Waals surface area contributed by atoms with Gasteiger partial charge in [-0.15, -0.1) is 0 Å². The third-order valence-electron chi connectivity index (χ3n) is 3.95.